The number of carbonyl (C=O) groups excluding carboxylic acids is 2. The van der Waals surface area contributed by atoms with Crippen molar-refractivity contribution in [2.75, 3.05) is 10.6 Å². The van der Waals surface area contributed by atoms with Gasteiger partial charge in [0, 0.05) is 47.5 Å². The van der Waals surface area contributed by atoms with Crippen molar-refractivity contribution in [3.05, 3.63) is 52.4 Å². The topological polar surface area (TPSA) is 86.9 Å². The Labute approximate surface area is 158 Å². The van der Waals surface area contributed by atoms with Gasteiger partial charge < -0.3 is 10.6 Å². The van der Waals surface area contributed by atoms with Crippen LogP contribution in [-0.4, -0.2) is 21.9 Å². The maximum Gasteiger partial charge on any atom is 0.221 e. The number of aromatic amines is 1. The van der Waals surface area contributed by atoms with Crippen LogP contribution in [0.4, 0.5) is 11.5 Å². The number of fused-ring (bicyclic) bond motifs is 1. The minimum absolute atomic E-state index is 0.0639. The molecule has 1 amide bonds. The van der Waals surface area contributed by atoms with Crippen molar-refractivity contribution in [3.8, 4) is 0 Å². The Morgan fingerprint density at radius 1 is 1.22 bits per heavy atom. The predicted octanol–water partition coefficient (Wildman–Crippen LogP) is 3.88. The van der Waals surface area contributed by atoms with Crippen molar-refractivity contribution in [3.63, 3.8) is 0 Å². The fourth-order valence-corrected chi connectivity index (χ4v) is 4.25. The number of anilines is 2. The van der Waals surface area contributed by atoms with Crippen molar-refractivity contribution >= 4 is 23.2 Å². The molecule has 0 saturated carbocycles. The number of Topliss-reactive ketones (excluding diaryl/α,β-unsaturated/α-hetero) is 1. The monoisotopic (exact) mass is 364 g/mol. The highest BCUT2D eigenvalue weighted by molar-refractivity contribution is 6.01. The van der Waals surface area contributed by atoms with Crippen LogP contribution in [0.15, 0.2) is 35.5 Å². The minimum atomic E-state index is -0.148. The highest BCUT2D eigenvalue weighted by Crippen LogP contribution is 2.49. The van der Waals surface area contributed by atoms with Gasteiger partial charge in [-0.05, 0) is 36.5 Å². The number of amides is 1. The first-order chi connectivity index (χ1) is 12.7. The van der Waals surface area contributed by atoms with Gasteiger partial charge in [0.1, 0.15) is 0 Å². The zero-order valence-corrected chi connectivity index (χ0v) is 16.1. The van der Waals surface area contributed by atoms with E-state index in [1.807, 2.05) is 31.2 Å². The number of hydrogen-bond acceptors (Lipinski definition) is 4. The van der Waals surface area contributed by atoms with Gasteiger partial charge >= 0.3 is 0 Å². The summed E-state index contributed by atoms with van der Waals surface area (Å²) in [7, 11) is 0. The number of hydrogen-bond donors (Lipinski definition) is 3. The van der Waals surface area contributed by atoms with Gasteiger partial charge in [-0.15, -0.1) is 0 Å². The van der Waals surface area contributed by atoms with Crippen LogP contribution >= 0.6 is 0 Å². The van der Waals surface area contributed by atoms with Gasteiger partial charge in [0.05, 0.1) is 0 Å². The molecule has 2 heterocycles. The summed E-state index contributed by atoms with van der Waals surface area (Å²) in [5.74, 6) is 0.737. The van der Waals surface area contributed by atoms with E-state index in [1.54, 1.807) is 0 Å². The average molecular weight is 364 g/mol. The van der Waals surface area contributed by atoms with Gasteiger partial charge in [0.15, 0.2) is 11.6 Å². The van der Waals surface area contributed by atoms with E-state index in [-0.39, 0.29) is 23.0 Å². The molecule has 1 atom stereocenters. The minimum Gasteiger partial charge on any atom is -0.342 e. The van der Waals surface area contributed by atoms with Crippen molar-refractivity contribution in [2.24, 2.45) is 5.41 Å². The molecule has 0 fully saturated rings. The predicted molar refractivity (Wildman–Crippen MR) is 105 cm³/mol. The Morgan fingerprint density at radius 3 is 2.59 bits per heavy atom. The Kier molecular flexibility index (Phi) is 3.94. The van der Waals surface area contributed by atoms with Crippen molar-refractivity contribution in [1.29, 1.82) is 0 Å². The number of carbonyl (C=O) groups is 2. The Morgan fingerprint density at radius 2 is 1.93 bits per heavy atom. The fourth-order valence-electron chi connectivity index (χ4n) is 4.25. The van der Waals surface area contributed by atoms with Gasteiger partial charge in [0.25, 0.3) is 0 Å². The number of ketones is 1. The maximum atomic E-state index is 13.1. The van der Waals surface area contributed by atoms with E-state index in [0.717, 1.165) is 46.0 Å². The highest BCUT2D eigenvalue weighted by atomic mass is 16.1. The number of nitrogens with zero attached hydrogens (tertiary/aromatic N) is 1. The third-order valence-electron chi connectivity index (χ3n) is 5.33. The molecule has 0 unspecified atom stereocenters. The number of H-pyrrole nitrogens is 1. The lowest BCUT2D eigenvalue weighted by Crippen LogP contribution is -2.33. The SMILES string of the molecule is CC(=O)Nc1ccc([C@H]2C3=C(CC(C)(C)CC3=O)Nc3n[nH]c(C)c32)cc1. The highest BCUT2D eigenvalue weighted by Gasteiger charge is 2.42. The molecule has 4 rings (SSSR count). The van der Waals surface area contributed by atoms with E-state index in [0.29, 0.717) is 6.42 Å². The quantitative estimate of drug-likeness (QED) is 0.755. The summed E-state index contributed by atoms with van der Waals surface area (Å²) >= 11 is 0. The van der Waals surface area contributed by atoms with Crippen LogP contribution in [-0.2, 0) is 9.59 Å². The Balaban J connectivity index is 1.83. The number of rotatable bonds is 2. The summed E-state index contributed by atoms with van der Waals surface area (Å²) in [6.45, 7) is 7.72. The van der Waals surface area contributed by atoms with Crippen LogP contribution < -0.4 is 10.6 Å². The first-order valence-electron chi connectivity index (χ1n) is 9.21. The van der Waals surface area contributed by atoms with E-state index in [2.05, 4.69) is 34.7 Å². The van der Waals surface area contributed by atoms with Crippen molar-refractivity contribution in [1.82, 2.24) is 10.2 Å². The third kappa shape index (κ3) is 3.05. The molecule has 27 heavy (non-hydrogen) atoms. The van der Waals surface area contributed by atoms with Gasteiger partial charge in [-0.25, -0.2) is 0 Å². The fraction of sp³-hybridized carbons (Fsp3) is 0.381. The van der Waals surface area contributed by atoms with E-state index >= 15 is 0 Å². The molecular weight excluding hydrogens is 340 g/mol. The lowest BCUT2D eigenvalue weighted by molar-refractivity contribution is -0.118. The maximum absolute atomic E-state index is 13.1. The van der Waals surface area contributed by atoms with Crippen LogP contribution in [0.25, 0.3) is 0 Å². The van der Waals surface area contributed by atoms with Crippen LogP contribution in [0, 0.1) is 12.3 Å². The first kappa shape index (κ1) is 17.5. The standard InChI is InChI=1S/C21H24N4O2/c1-11-17-18(13-5-7-14(8-6-13)22-12(2)26)19-15(23-20(17)25-24-11)9-21(3,4)10-16(19)27/h5-8,18H,9-10H2,1-4H3,(H,22,26)(H2,23,24,25)/t18-/m1/s1. The number of nitrogens with one attached hydrogen (secondary N) is 3. The van der Waals surface area contributed by atoms with E-state index in [4.69, 9.17) is 0 Å². The number of aryl methyl sites for hydroxylation is 1. The molecule has 0 saturated heterocycles. The summed E-state index contributed by atoms with van der Waals surface area (Å²) in [6, 6.07) is 7.72. The third-order valence-corrected chi connectivity index (χ3v) is 5.33. The smallest absolute Gasteiger partial charge is 0.221 e. The average Bonchev–Trinajstić information content (AvgIpc) is 2.93. The molecule has 3 N–H and O–H groups in total. The van der Waals surface area contributed by atoms with E-state index in [1.165, 1.54) is 6.92 Å². The lowest BCUT2D eigenvalue weighted by atomic mass is 9.69. The molecule has 2 aromatic rings. The number of allylic oxidation sites excluding steroid dienone is 2. The first-order valence-corrected chi connectivity index (χ1v) is 9.21. The molecular formula is C21H24N4O2. The summed E-state index contributed by atoms with van der Waals surface area (Å²) in [4.78, 5) is 24.4. The van der Waals surface area contributed by atoms with E-state index in [9.17, 15) is 9.59 Å². The normalized spacial score (nSPS) is 20.6. The largest absolute Gasteiger partial charge is 0.342 e. The Bertz CT molecular complexity index is 967. The molecule has 1 aromatic carbocycles. The molecule has 1 aromatic heterocycles. The van der Waals surface area contributed by atoms with Crippen LogP contribution in [0.5, 0.6) is 0 Å². The summed E-state index contributed by atoms with van der Waals surface area (Å²) < 4.78 is 0. The summed E-state index contributed by atoms with van der Waals surface area (Å²) in [5.41, 5.74) is 5.51. The molecule has 140 valence electrons. The zero-order valence-electron chi connectivity index (χ0n) is 16.1. The molecule has 2 aliphatic rings. The molecule has 1 aliphatic carbocycles. The van der Waals surface area contributed by atoms with Gasteiger partial charge in [-0.2, -0.15) is 5.10 Å². The van der Waals surface area contributed by atoms with Crippen LogP contribution in [0.1, 0.15) is 56.4 Å². The van der Waals surface area contributed by atoms with Crippen molar-refractivity contribution < 1.29 is 9.59 Å². The Hall–Kier alpha value is -2.89. The second-order valence-electron chi connectivity index (χ2n) is 8.31. The number of aromatic nitrogens is 2. The van der Waals surface area contributed by atoms with Crippen LogP contribution in [0.3, 0.4) is 0 Å². The van der Waals surface area contributed by atoms with Crippen LogP contribution in [0.2, 0.25) is 0 Å². The van der Waals surface area contributed by atoms with Gasteiger partial charge in [0.2, 0.25) is 5.91 Å². The molecule has 6 heteroatoms. The molecule has 1 aliphatic heterocycles. The molecule has 0 radical (unpaired) electrons. The van der Waals surface area contributed by atoms with Gasteiger partial charge in [-0.3, -0.25) is 14.7 Å². The lowest BCUT2D eigenvalue weighted by Gasteiger charge is -2.38. The summed E-state index contributed by atoms with van der Waals surface area (Å²) in [5, 5.41) is 13.7. The second kappa shape index (κ2) is 6.08. The second-order valence-corrected chi connectivity index (χ2v) is 8.31. The number of benzene rings is 1. The van der Waals surface area contributed by atoms with Crippen molar-refractivity contribution in [2.45, 2.75) is 46.5 Å². The molecule has 0 spiro atoms. The zero-order chi connectivity index (χ0) is 19.3. The molecule has 6 nitrogen and oxygen atoms in total. The molecule has 0 bridgehead atoms. The van der Waals surface area contributed by atoms with E-state index < -0.39 is 0 Å². The van der Waals surface area contributed by atoms with Gasteiger partial charge in [-0.1, -0.05) is 26.0 Å². The summed E-state index contributed by atoms with van der Waals surface area (Å²) in [6.07, 6.45) is 1.36.